The highest BCUT2D eigenvalue weighted by atomic mass is 32.1. The highest BCUT2D eigenvalue weighted by Gasteiger charge is 2.44. The van der Waals surface area contributed by atoms with Crippen LogP contribution in [0, 0.1) is 0 Å². The van der Waals surface area contributed by atoms with Gasteiger partial charge in [-0.05, 0) is 161 Å². The maximum Gasteiger partial charge on any atom is 0.172 e. The van der Waals surface area contributed by atoms with Crippen LogP contribution in [-0.2, 0) is 13.7 Å². The van der Waals surface area contributed by atoms with E-state index in [9.17, 15) is 0 Å². The van der Waals surface area contributed by atoms with Gasteiger partial charge in [-0.1, -0.05) is 303 Å². The third-order valence-corrected chi connectivity index (χ3v) is 38.2. The minimum atomic E-state index is -3.06. The number of para-hydroxylation sites is 5. The molecule has 126 heavy (non-hydrogen) atoms. The first kappa shape index (κ1) is 73.1. The fourth-order valence-electron chi connectivity index (χ4n) is 21.1. The molecule has 0 spiro atoms. The maximum atomic E-state index is 15.4. The molecule has 0 saturated carbocycles. The number of rotatable bonds is 7. The smallest absolute Gasteiger partial charge is 0.172 e. The lowest BCUT2D eigenvalue weighted by molar-refractivity contribution is 0.592. The Morgan fingerprint density at radius 3 is 0.976 bits per heavy atom. The summed E-state index contributed by atoms with van der Waals surface area (Å²) >= 11 is 3.68. The summed E-state index contributed by atoms with van der Waals surface area (Å²) in [6.07, 6.45) is 0. The van der Waals surface area contributed by atoms with Crippen LogP contribution in [0.3, 0.4) is 0 Å². The quantitative estimate of drug-likeness (QED) is 0.149. The Hall–Kier alpha value is -14.5. The van der Waals surface area contributed by atoms with Gasteiger partial charge in [-0.3, -0.25) is 0 Å². The van der Waals surface area contributed by atoms with Gasteiger partial charge in [-0.25, -0.2) is 0 Å². The van der Waals surface area contributed by atoms with E-state index in [1.165, 1.54) is 67.4 Å². The molecule has 28 rings (SSSR count). The molecule has 25 aromatic rings. The molecule has 0 radical (unpaired) electrons. The normalized spacial score (nSPS) is 16.0. The summed E-state index contributed by atoms with van der Waals surface area (Å²) < 4.78 is 60.4. The number of benzene rings is 19. The molecule has 592 valence electrons. The van der Waals surface area contributed by atoms with Crippen molar-refractivity contribution >= 4 is 219 Å². The molecule has 3 unspecified atom stereocenters. The van der Waals surface area contributed by atoms with E-state index in [0.29, 0.717) is 0 Å². The standard InChI is InChI=1S/C42H27N2OP.2C36H22NOPS/c45-46(29-16-5-2-6-17-29)40-25-12-9-19-31(40)34-26-39-33(27-41(34)46)30-18-7-10-21-35(30)44(39)38-24-13-23-37-42(38)32-20-8-11-22-36(32)43(37)28-14-3-1-4-15-28;38-39(24-10-2-1-3-11-24)33-16-8-5-13-26(33)29-21-32-28(22-34(29)39)25-12-4-7-15-31(25)37(32)23-18-19-36-30(20-23)27-14-6-9-17-35(27)40-36;38-39(24-10-2-1-3-11-24)33-16-8-5-13-26(33)30-21-32-29(22-34(30)39)25-12-4-7-15-31(25)37(32)23-18-19-28-27-14-6-9-17-35(27)40-36(28)20-23/h1-27H;2*1-22H. The molecular formula is C114H71N4O3P3S2. The van der Waals surface area contributed by atoms with E-state index < -0.39 is 21.4 Å². The molecule has 6 aromatic heterocycles. The second-order valence-electron chi connectivity index (χ2n) is 33.0. The van der Waals surface area contributed by atoms with Crippen LogP contribution in [0.15, 0.2) is 431 Å². The summed E-state index contributed by atoms with van der Waals surface area (Å²) in [5, 5.41) is 22.7. The summed E-state index contributed by atoms with van der Waals surface area (Å²) in [6, 6.07) is 151. The minimum absolute atomic E-state index is 0.878. The highest BCUT2D eigenvalue weighted by molar-refractivity contribution is 7.87. The summed E-state index contributed by atoms with van der Waals surface area (Å²) in [5.41, 5.74) is 20.1. The molecular weight excluding hydrogens is 1630 g/mol. The van der Waals surface area contributed by atoms with E-state index in [0.717, 1.165) is 164 Å². The van der Waals surface area contributed by atoms with Crippen molar-refractivity contribution in [1.29, 1.82) is 0 Å². The van der Waals surface area contributed by atoms with Crippen LogP contribution in [0.5, 0.6) is 0 Å². The zero-order valence-corrected chi connectivity index (χ0v) is 72.0. The minimum Gasteiger partial charge on any atom is -0.309 e. The molecule has 0 amide bonds. The van der Waals surface area contributed by atoms with Gasteiger partial charge in [0.2, 0.25) is 0 Å². The zero-order chi connectivity index (χ0) is 83.3. The van der Waals surface area contributed by atoms with Crippen LogP contribution in [0.25, 0.3) is 184 Å². The van der Waals surface area contributed by atoms with E-state index in [1.807, 2.05) is 132 Å². The van der Waals surface area contributed by atoms with Crippen LogP contribution in [0.4, 0.5) is 0 Å². The van der Waals surface area contributed by atoms with Crippen LogP contribution in [0.1, 0.15) is 0 Å². The Balaban J connectivity index is 0.000000101. The van der Waals surface area contributed by atoms with Crippen molar-refractivity contribution in [2.45, 2.75) is 0 Å². The van der Waals surface area contributed by atoms with Crippen molar-refractivity contribution in [1.82, 2.24) is 18.3 Å². The summed E-state index contributed by atoms with van der Waals surface area (Å²) in [5.74, 6) is 0. The van der Waals surface area contributed by atoms with Crippen LogP contribution in [-0.4, -0.2) is 18.3 Å². The molecule has 0 fully saturated rings. The summed E-state index contributed by atoms with van der Waals surface area (Å²) in [6.45, 7) is 0. The van der Waals surface area contributed by atoms with Gasteiger partial charge < -0.3 is 32.0 Å². The third kappa shape index (κ3) is 10.5. The molecule has 19 aromatic carbocycles. The maximum absolute atomic E-state index is 15.4. The van der Waals surface area contributed by atoms with E-state index in [2.05, 4.69) is 340 Å². The Bertz CT molecular complexity index is 9110. The van der Waals surface area contributed by atoms with E-state index in [-0.39, 0.29) is 0 Å². The van der Waals surface area contributed by atoms with Gasteiger partial charge in [0.1, 0.15) is 0 Å². The van der Waals surface area contributed by atoms with Crippen molar-refractivity contribution < 1.29 is 13.7 Å². The third-order valence-electron chi connectivity index (χ3n) is 26.5. The van der Waals surface area contributed by atoms with E-state index >= 15 is 13.7 Å². The first-order valence-corrected chi connectivity index (χ1v) is 49.3. The average Bonchev–Trinajstić information content (AvgIpc) is 1.54. The van der Waals surface area contributed by atoms with Crippen molar-refractivity contribution in [2.75, 3.05) is 0 Å². The van der Waals surface area contributed by atoms with Crippen molar-refractivity contribution in [3.63, 3.8) is 0 Å². The Kier molecular flexibility index (Phi) is 16.2. The number of aromatic nitrogens is 4. The number of hydrogen-bond acceptors (Lipinski definition) is 5. The number of hydrogen-bond donors (Lipinski definition) is 0. The molecule has 9 heterocycles. The van der Waals surface area contributed by atoms with Gasteiger partial charge in [-0.15, -0.1) is 22.7 Å². The van der Waals surface area contributed by atoms with E-state index in [1.54, 1.807) is 0 Å². The molecule has 7 nitrogen and oxygen atoms in total. The fourth-order valence-corrected chi connectivity index (χ4v) is 32.5. The SMILES string of the molecule is O=P1(c2ccccc2)c2ccccc2-c2cc3c(cc21)c1ccccc1n3-c1ccc2c(c1)sc1ccccc12.O=P1(c2ccccc2)c2ccccc2-c2cc3c(cc21)c1ccccc1n3-c1ccc2sc3ccccc3c2c1.O=P1(c2ccccc2)c2ccccc2-c2cc3c(cc21)c1ccccc1n3-c1cccc2c1c1ccccc1n2-c1ccccc1. The van der Waals surface area contributed by atoms with Crippen molar-refractivity contribution in [3.8, 4) is 56.1 Å². The van der Waals surface area contributed by atoms with Gasteiger partial charge in [0.15, 0.2) is 21.4 Å². The Morgan fingerprint density at radius 1 is 0.175 bits per heavy atom. The lowest BCUT2D eigenvalue weighted by Gasteiger charge is -2.16. The fraction of sp³-hybridized carbons (Fsp3) is 0. The molecule has 0 aliphatic carbocycles. The van der Waals surface area contributed by atoms with Crippen molar-refractivity contribution in [2.24, 2.45) is 0 Å². The largest absolute Gasteiger partial charge is 0.309 e. The lowest BCUT2D eigenvalue weighted by Crippen LogP contribution is -2.20. The van der Waals surface area contributed by atoms with Crippen LogP contribution in [0.2, 0.25) is 0 Å². The number of fused-ring (bicyclic) bond motifs is 27. The highest BCUT2D eigenvalue weighted by Crippen LogP contribution is 2.58. The molecule has 0 saturated heterocycles. The molecule has 0 N–H and O–H groups in total. The average molecular weight is 1700 g/mol. The van der Waals surface area contributed by atoms with Gasteiger partial charge in [0.05, 0.1) is 49.8 Å². The van der Waals surface area contributed by atoms with Gasteiger partial charge >= 0.3 is 0 Å². The van der Waals surface area contributed by atoms with Gasteiger partial charge in [-0.2, -0.15) is 0 Å². The predicted molar refractivity (Wildman–Crippen MR) is 538 cm³/mol. The summed E-state index contributed by atoms with van der Waals surface area (Å²) in [4.78, 5) is 0. The summed E-state index contributed by atoms with van der Waals surface area (Å²) in [7, 11) is -9.07. The van der Waals surface area contributed by atoms with Crippen LogP contribution >= 0.6 is 44.1 Å². The first-order valence-electron chi connectivity index (χ1n) is 42.6. The molecule has 12 heteroatoms. The molecule has 3 aliphatic rings. The number of nitrogens with zero attached hydrogens (tertiary/aromatic N) is 4. The topological polar surface area (TPSA) is 70.9 Å². The van der Waals surface area contributed by atoms with Gasteiger partial charge in [0, 0.05) is 148 Å². The molecule has 3 atom stereocenters. The lowest BCUT2D eigenvalue weighted by atomic mass is 10.0. The molecule has 0 bridgehead atoms. The van der Waals surface area contributed by atoms with E-state index in [4.69, 9.17) is 0 Å². The van der Waals surface area contributed by atoms with Crippen molar-refractivity contribution in [3.05, 3.63) is 431 Å². The Labute approximate surface area is 732 Å². The monoisotopic (exact) mass is 1700 g/mol. The number of thiophene rings is 2. The first-order chi connectivity index (χ1) is 62.2. The Morgan fingerprint density at radius 2 is 0.500 bits per heavy atom. The zero-order valence-electron chi connectivity index (χ0n) is 67.7. The second kappa shape index (κ2) is 28.0. The second-order valence-corrected chi connectivity index (χ2v) is 43.3. The van der Waals surface area contributed by atoms with Crippen LogP contribution < -0.4 is 47.7 Å². The predicted octanol–water partition coefficient (Wildman–Crippen LogP) is 27.0. The van der Waals surface area contributed by atoms with Gasteiger partial charge in [0.25, 0.3) is 0 Å². The molecule has 3 aliphatic heterocycles.